The van der Waals surface area contributed by atoms with E-state index in [2.05, 4.69) is 19.9 Å². The van der Waals surface area contributed by atoms with Gasteiger partial charge in [0.2, 0.25) is 0 Å². The summed E-state index contributed by atoms with van der Waals surface area (Å²) >= 11 is 0. The number of hydrogen-bond donors (Lipinski definition) is 0. The molecule has 0 saturated carbocycles. The van der Waals surface area contributed by atoms with Crippen LogP contribution in [0.4, 0.5) is 0 Å². The minimum Gasteiger partial charge on any atom is -0.744 e. The van der Waals surface area contributed by atoms with Crippen LogP contribution in [-0.2, 0) is 23.0 Å². The molecule has 0 fully saturated rings. The van der Waals surface area contributed by atoms with Crippen LogP contribution in [0, 0.1) is 0 Å². The van der Waals surface area contributed by atoms with Gasteiger partial charge in [-0.15, -0.1) is 0 Å². The first-order chi connectivity index (χ1) is 18.5. The Bertz CT molecular complexity index is 973. The minimum atomic E-state index is -4.50. The van der Waals surface area contributed by atoms with Crippen LogP contribution in [0.15, 0.2) is 35.2 Å². The molecule has 0 aliphatic rings. The first kappa shape index (κ1) is 37.3. The average Bonchev–Trinajstić information content (AvgIpc) is 2.90. The van der Waals surface area contributed by atoms with Gasteiger partial charge in [-0.05, 0) is 53.6 Å². The Labute approximate surface area is 283 Å². The van der Waals surface area contributed by atoms with Crippen molar-refractivity contribution in [2.75, 3.05) is 0 Å². The molecule has 2 aromatic carbocycles. The average molecular weight is 583 g/mol. The van der Waals surface area contributed by atoms with Crippen molar-refractivity contribution in [2.45, 2.75) is 160 Å². The Balaban J connectivity index is 0.00000760. The SMILES string of the molecule is CCCCCCCCCCCCc1cccc2c(S(=O)(=O)[O-])ccc(CCCCCCCCCCCC)c12.[K+]. The molecule has 0 aromatic heterocycles. The van der Waals surface area contributed by atoms with Crippen LogP contribution in [0.25, 0.3) is 10.8 Å². The van der Waals surface area contributed by atoms with E-state index in [1.807, 2.05) is 18.2 Å². The van der Waals surface area contributed by atoms with Crippen molar-refractivity contribution < 1.29 is 64.4 Å². The maximum absolute atomic E-state index is 12.0. The van der Waals surface area contributed by atoms with Crippen LogP contribution in [-0.4, -0.2) is 13.0 Å². The molecule has 0 saturated heterocycles. The van der Waals surface area contributed by atoms with Gasteiger partial charge in [0.25, 0.3) is 0 Å². The molecule has 0 N–H and O–H groups in total. The number of benzene rings is 2. The molecule has 3 nitrogen and oxygen atoms in total. The van der Waals surface area contributed by atoms with Crippen molar-refractivity contribution in [1.82, 2.24) is 0 Å². The molecule has 5 heteroatoms. The molecule has 0 aliphatic carbocycles. The zero-order valence-corrected chi connectivity index (χ0v) is 29.5. The van der Waals surface area contributed by atoms with Gasteiger partial charge in [0, 0.05) is 0 Å². The van der Waals surface area contributed by atoms with Crippen molar-refractivity contribution in [3.8, 4) is 0 Å². The van der Waals surface area contributed by atoms with E-state index in [4.69, 9.17) is 0 Å². The Morgan fingerprint density at radius 1 is 0.538 bits per heavy atom. The van der Waals surface area contributed by atoms with E-state index in [9.17, 15) is 13.0 Å². The smallest absolute Gasteiger partial charge is 0.744 e. The van der Waals surface area contributed by atoms with Crippen LogP contribution in [0.3, 0.4) is 0 Å². The van der Waals surface area contributed by atoms with Gasteiger partial charge < -0.3 is 4.55 Å². The molecule has 0 atom stereocenters. The summed E-state index contributed by atoms with van der Waals surface area (Å²) in [6.45, 7) is 4.52. The second-order valence-electron chi connectivity index (χ2n) is 11.4. The molecule has 2 aromatic rings. The van der Waals surface area contributed by atoms with E-state index >= 15 is 0 Å². The van der Waals surface area contributed by atoms with Crippen molar-refractivity contribution in [1.29, 1.82) is 0 Å². The second-order valence-corrected chi connectivity index (χ2v) is 12.7. The van der Waals surface area contributed by atoms with Crippen molar-refractivity contribution >= 4 is 20.9 Å². The van der Waals surface area contributed by atoms with E-state index in [-0.39, 0.29) is 56.3 Å². The largest absolute Gasteiger partial charge is 1.00 e. The number of fused-ring (bicyclic) bond motifs is 1. The molecule has 216 valence electrons. The number of rotatable bonds is 23. The third kappa shape index (κ3) is 15.3. The Hall–Kier alpha value is 0.246. The predicted molar refractivity (Wildman–Crippen MR) is 163 cm³/mol. The van der Waals surface area contributed by atoms with Gasteiger partial charge in [-0.3, -0.25) is 0 Å². The molecular weight excluding hydrogens is 528 g/mol. The summed E-state index contributed by atoms with van der Waals surface area (Å²) in [5.41, 5.74) is 2.41. The second kappa shape index (κ2) is 22.8. The molecule has 0 heterocycles. The number of unbranched alkanes of at least 4 members (excludes halogenated alkanes) is 18. The quantitative estimate of drug-likeness (QED) is 0.0767. The Morgan fingerprint density at radius 3 is 1.33 bits per heavy atom. The summed E-state index contributed by atoms with van der Waals surface area (Å²) in [5, 5.41) is 1.64. The zero-order chi connectivity index (χ0) is 27.5. The van der Waals surface area contributed by atoms with Crippen LogP contribution in [0.1, 0.15) is 153 Å². The maximum atomic E-state index is 12.0. The van der Waals surface area contributed by atoms with Crippen molar-refractivity contribution in [3.63, 3.8) is 0 Å². The van der Waals surface area contributed by atoms with Crippen LogP contribution < -0.4 is 51.4 Å². The fourth-order valence-corrected chi connectivity index (χ4v) is 6.45. The minimum absolute atomic E-state index is 0. The third-order valence-electron chi connectivity index (χ3n) is 8.04. The maximum Gasteiger partial charge on any atom is 1.00 e. The summed E-state index contributed by atoms with van der Waals surface area (Å²) < 4.78 is 36.0. The van der Waals surface area contributed by atoms with Gasteiger partial charge in [0.1, 0.15) is 10.1 Å². The molecule has 0 amide bonds. The molecule has 39 heavy (non-hydrogen) atoms. The topological polar surface area (TPSA) is 57.2 Å². The predicted octanol–water partition coefficient (Wildman–Crippen LogP) is 7.67. The molecule has 0 bridgehead atoms. The van der Waals surface area contributed by atoms with E-state index in [0.717, 1.165) is 31.1 Å². The monoisotopic (exact) mass is 582 g/mol. The van der Waals surface area contributed by atoms with E-state index < -0.39 is 10.1 Å². The number of hydrogen-bond acceptors (Lipinski definition) is 3. The Morgan fingerprint density at radius 2 is 0.923 bits per heavy atom. The van der Waals surface area contributed by atoms with Crippen LogP contribution in [0.2, 0.25) is 0 Å². The van der Waals surface area contributed by atoms with Crippen molar-refractivity contribution in [2.24, 2.45) is 0 Å². The van der Waals surface area contributed by atoms with Crippen molar-refractivity contribution in [3.05, 3.63) is 41.5 Å². The van der Waals surface area contributed by atoms with Gasteiger partial charge in [-0.25, -0.2) is 8.42 Å². The third-order valence-corrected chi connectivity index (χ3v) is 8.94. The summed E-state index contributed by atoms with van der Waals surface area (Å²) in [4.78, 5) is -0.0655. The number of aryl methyl sites for hydroxylation is 2. The van der Waals surface area contributed by atoms with E-state index in [1.165, 1.54) is 127 Å². The van der Waals surface area contributed by atoms with Gasteiger partial charge in [0.15, 0.2) is 0 Å². The molecule has 0 spiro atoms. The molecule has 2 rings (SSSR count). The van der Waals surface area contributed by atoms with E-state index in [0.29, 0.717) is 5.39 Å². The van der Waals surface area contributed by atoms with Gasteiger partial charge in [-0.2, -0.15) is 0 Å². The molecule has 0 radical (unpaired) electrons. The zero-order valence-electron chi connectivity index (χ0n) is 25.6. The summed E-state index contributed by atoms with van der Waals surface area (Å²) in [7, 11) is -4.50. The van der Waals surface area contributed by atoms with E-state index in [1.54, 1.807) is 6.07 Å². The summed E-state index contributed by atoms with van der Waals surface area (Å²) in [5.74, 6) is 0. The Kier molecular flexibility index (Phi) is 21.8. The standard InChI is InChI=1S/C34H56O3S.K/c1-3-5-7-9-11-13-15-17-19-21-24-30-26-23-27-32-33(38(35,36)37)29-28-31(34(30)32)25-22-20-18-16-14-12-10-8-6-4-2;/h23,26-29H,3-22,24-25H2,1-2H3,(H,35,36,37);/q;+1/p-1. The fourth-order valence-electron chi connectivity index (χ4n) is 5.77. The summed E-state index contributed by atoms with van der Waals surface area (Å²) in [6, 6.07) is 9.33. The first-order valence-corrected chi connectivity index (χ1v) is 17.4. The van der Waals surface area contributed by atoms with Gasteiger partial charge in [-0.1, -0.05) is 154 Å². The molecule has 0 aliphatic heterocycles. The van der Waals surface area contributed by atoms with Gasteiger partial charge >= 0.3 is 51.4 Å². The van der Waals surface area contributed by atoms with Gasteiger partial charge in [0.05, 0.1) is 4.90 Å². The normalized spacial score (nSPS) is 11.7. The summed E-state index contributed by atoms with van der Waals surface area (Å²) in [6.07, 6.45) is 27.9. The first-order valence-electron chi connectivity index (χ1n) is 16.0. The fraction of sp³-hybridized carbons (Fsp3) is 0.706. The molecule has 0 unspecified atom stereocenters. The van der Waals surface area contributed by atoms with Crippen LogP contribution in [0.5, 0.6) is 0 Å². The van der Waals surface area contributed by atoms with Crippen LogP contribution >= 0.6 is 0 Å². The molecular formula is C34H55KO3S.